The van der Waals surface area contributed by atoms with Gasteiger partial charge in [0, 0.05) is 18.7 Å². The molecular formula is C26H34F2N2O8. The smallest absolute Gasteiger partial charge is 0.344 e. The average Bonchev–Trinajstić information content (AvgIpc) is 3.42. The zero-order valence-corrected chi connectivity index (χ0v) is 21.8. The molecule has 0 aliphatic carbocycles. The molecule has 2 atom stereocenters. The van der Waals surface area contributed by atoms with Gasteiger partial charge in [-0.1, -0.05) is 6.07 Å². The average molecular weight is 541 g/mol. The van der Waals surface area contributed by atoms with Crippen molar-refractivity contribution in [3.8, 4) is 5.75 Å². The summed E-state index contributed by atoms with van der Waals surface area (Å²) in [4.78, 5) is 24.6. The Bertz CT molecular complexity index is 1110. The van der Waals surface area contributed by atoms with Gasteiger partial charge in [0.25, 0.3) is 5.91 Å². The number of carboxylic acids is 1. The van der Waals surface area contributed by atoms with Gasteiger partial charge in [-0.15, -0.1) is 0 Å². The molecule has 1 aromatic carbocycles. The fourth-order valence-electron chi connectivity index (χ4n) is 5.05. The van der Waals surface area contributed by atoms with Gasteiger partial charge in [-0.3, -0.25) is 9.80 Å². The molecule has 0 bridgehead atoms. The van der Waals surface area contributed by atoms with Crippen LogP contribution in [0.5, 0.6) is 5.75 Å². The Hall–Kier alpha value is -2.80. The Morgan fingerprint density at radius 2 is 1.92 bits per heavy atom. The minimum Gasteiger partial charge on any atom is -0.509 e. The second-order valence-corrected chi connectivity index (χ2v) is 10.3. The van der Waals surface area contributed by atoms with Crippen molar-refractivity contribution in [3.05, 3.63) is 40.7 Å². The Morgan fingerprint density at radius 3 is 2.61 bits per heavy atom. The van der Waals surface area contributed by atoms with Crippen LogP contribution in [0.1, 0.15) is 52.0 Å². The molecule has 4 rings (SSSR count). The number of halogens is 2. The fraction of sp³-hybridized carbons (Fsp3) is 0.615. The maximum absolute atomic E-state index is 15.0. The number of aliphatic hydroxyl groups excluding tert-OH is 1. The van der Waals surface area contributed by atoms with Gasteiger partial charge in [-0.25, -0.2) is 14.2 Å². The van der Waals surface area contributed by atoms with E-state index in [4.69, 9.17) is 18.9 Å². The summed E-state index contributed by atoms with van der Waals surface area (Å²) in [5.74, 6) is -6.30. The van der Waals surface area contributed by atoms with Crippen molar-refractivity contribution in [3.63, 3.8) is 0 Å². The summed E-state index contributed by atoms with van der Waals surface area (Å²) in [7, 11) is 0. The molecule has 0 unspecified atom stereocenters. The molecule has 3 aliphatic heterocycles. The number of rotatable bonds is 11. The molecule has 12 heteroatoms. The summed E-state index contributed by atoms with van der Waals surface area (Å²) in [6.45, 7) is 6.75. The second kappa shape index (κ2) is 11.1. The predicted molar refractivity (Wildman–Crippen MR) is 129 cm³/mol. The number of carbonyl (C=O) groups excluding carboxylic acids is 1. The van der Waals surface area contributed by atoms with Gasteiger partial charge in [0.2, 0.25) is 5.82 Å². The lowest BCUT2D eigenvalue weighted by Crippen LogP contribution is -2.60. The van der Waals surface area contributed by atoms with E-state index in [1.807, 2.05) is 13.8 Å². The van der Waals surface area contributed by atoms with Gasteiger partial charge in [0.05, 0.1) is 31.9 Å². The Balaban J connectivity index is 1.31. The van der Waals surface area contributed by atoms with Crippen LogP contribution in [-0.4, -0.2) is 82.5 Å². The summed E-state index contributed by atoms with van der Waals surface area (Å²) >= 11 is 0. The Morgan fingerprint density at radius 1 is 1.18 bits per heavy atom. The molecule has 2 N–H and O–H groups in total. The van der Waals surface area contributed by atoms with Crippen molar-refractivity contribution in [2.75, 3.05) is 33.0 Å². The van der Waals surface area contributed by atoms with Crippen LogP contribution in [0.2, 0.25) is 0 Å². The van der Waals surface area contributed by atoms with Crippen LogP contribution in [0.3, 0.4) is 0 Å². The zero-order valence-electron chi connectivity index (χ0n) is 21.8. The van der Waals surface area contributed by atoms with Crippen LogP contribution >= 0.6 is 0 Å². The van der Waals surface area contributed by atoms with Gasteiger partial charge < -0.3 is 29.2 Å². The first kappa shape index (κ1) is 28.2. The number of hydrogen-bond acceptors (Lipinski definition) is 8. The van der Waals surface area contributed by atoms with Crippen molar-refractivity contribution >= 4 is 11.9 Å². The van der Waals surface area contributed by atoms with Crippen LogP contribution in [0.15, 0.2) is 23.5 Å². The molecule has 3 heterocycles. The first-order valence-electron chi connectivity index (χ1n) is 12.7. The van der Waals surface area contributed by atoms with E-state index in [1.165, 1.54) is 17.1 Å². The van der Waals surface area contributed by atoms with Crippen molar-refractivity contribution in [2.45, 2.75) is 70.4 Å². The lowest BCUT2D eigenvalue weighted by molar-refractivity contribution is -0.163. The molecule has 210 valence electrons. The minimum atomic E-state index is -1.57. The first-order valence-corrected chi connectivity index (χ1v) is 12.7. The number of nitrogens with zero attached hydrogens (tertiary/aromatic N) is 2. The second-order valence-electron chi connectivity index (χ2n) is 10.3. The van der Waals surface area contributed by atoms with E-state index in [1.54, 1.807) is 6.92 Å². The molecule has 2 saturated heterocycles. The van der Waals surface area contributed by atoms with Gasteiger partial charge in [0.1, 0.15) is 11.9 Å². The maximum atomic E-state index is 15.0. The highest BCUT2D eigenvalue weighted by Crippen LogP contribution is 2.41. The topological polar surface area (TPSA) is 118 Å². The van der Waals surface area contributed by atoms with Crippen molar-refractivity contribution in [2.24, 2.45) is 0 Å². The summed E-state index contributed by atoms with van der Waals surface area (Å²) in [6.07, 6.45) is 2.09. The van der Waals surface area contributed by atoms with E-state index in [0.29, 0.717) is 52.0 Å². The Labute approximate surface area is 219 Å². The molecule has 0 spiro atoms. The third-order valence-corrected chi connectivity index (χ3v) is 7.06. The number of amides is 1. The number of benzene rings is 1. The molecule has 38 heavy (non-hydrogen) atoms. The third kappa shape index (κ3) is 5.63. The number of ether oxygens (including phenoxy) is 4. The number of aliphatic carboxylic acids is 1. The SMILES string of the molecule is CC1(C)OC[C@H](COCCCCOc2ccc(CN3C(=O)C(C(=O)O)=C(O)[C@@]4(C)CCCN34)c(F)c2F)O1. The van der Waals surface area contributed by atoms with Crippen molar-refractivity contribution < 1.29 is 47.5 Å². The van der Waals surface area contributed by atoms with Crippen LogP contribution in [0.25, 0.3) is 0 Å². The Kier molecular flexibility index (Phi) is 8.26. The monoisotopic (exact) mass is 540 g/mol. The van der Waals surface area contributed by atoms with Crippen molar-refractivity contribution in [1.82, 2.24) is 10.0 Å². The highest BCUT2D eigenvalue weighted by molar-refractivity contribution is 6.16. The summed E-state index contributed by atoms with van der Waals surface area (Å²) in [6, 6.07) is 2.59. The van der Waals surface area contributed by atoms with E-state index in [9.17, 15) is 28.6 Å². The van der Waals surface area contributed by atoms with Crippen LogP contribution in [-0.2, 0) is 30.3 Å². The van der Waals surface area contributed by atoms with E-state index >= 15 is 0 Å². The number of carbonyl (C=O) groups is 2. The predicted octanol–water partition coefficient (Wildman–Crippen LogP) is 3.30. The third-order valence-electron chi connectivity index (χ3n) is 7.06. The number of hydrogen-bond donors (Lipinski definition) is 2. The quantitative estimate of drug-likeness (QED) is 0.322. The van der Waals surface area contributed by atoms with Gasteiger partial charge in [0.15, 0.2) is 22.9 Å². The summed E-state index contributed by atoms with van der Waals surface area (Å²) in [5.41, 5.74) is -2.01. The van der Waals surface area contributed by atoms with Gasteiger partial charge >= 0.3 is 5.97 Å². The van der Waals surface area contributed by atoms with Crippen molar-refractivity contribution in [1.29, 1.82) is 0 Å². The lowest BCUT2D eigenvalue weighted by atomic mass is 9.91. The molecule has 0 radical (unpaired) electrons. The molecule has 10 nitrogen and oxygen atoms in total. The van der Waals surface area contributed by atoms with Crippen LogP contribution in [0.4, 0.5) is 8.78 Å². The lowest BCUT2D eigenvalue weighted by Gasteiger charge is -2.46. The standard InChI is InChI=1S/C26H34F2N2O8/c1-25(2)37-15-17(38-25)14-35-11-4-5-12-36-18-8-7-16(20(27)21(18)28)13-29-23(32)19(24(33)34)22(31)26(3)9-6-10-30(26)29/h7-8,17,31H,4-6,9-15H2,1-3H3,(H,33,34)/t17-,26+/m0/s1. The minimum absolute atomic E-state index is 0.117. The highest BCUT2D eigenvalue weighted by Gasteiger charge is 2.52. The number of hydrazine groups is 1. The molecule has 1 aromatic rings. The molecule has 0 saturated carbocycles. The van der Waals surface area contributed by atoms with E-state index in [2.05, 4.69) is 0 Å². The fourth-order valence-corrected chi connectivity index (χ4v) is 5.05. The molecular weight excluding hydrogens is 506 g/mol. The van der Waals surface area contributed by atoms with E-state index < -0.39 is 52.7 Å². The van der Waals surface area contributed by atoms with Gasteiger partial charge in [-0.05, 0) is 52.5 Å². The number of aliphatic hydroxyl groups is 1. The highest BCUT2D eigenvalue weighted by atomic mass is 19.2. The summed E-state index contributed by atoms with van der Waals surface area (Å²) in [5, 5.41) is 22.6. The first-order chi connectivity index (χ1) is 17.9. The van der Waals surface area contributed by atoms with E-state index in [0.717, 1.165) is 5.01 Å². The van der Waals surface area contributed by atoms with Crippen LogP contribution in [0, 0.1) is 11.6 Å². The zero-order chi connectivity index (χ0) is 27.7. The molecule has 3 aliphatic rings. The molecule has 1 amide bonds. The largest absolute Gasteiger partial charge is 0.509 e. The van der Waals surface area contributed by atoms with Gasteiger partial charge in [-0.2, -0.15) is 4.39 Å². The molecule has 0 aromatic heterocycles. The maximum Gasteiger partial charge on any atom is 0.344 e. The molecule has 2 fully saturated rings. The number of fused-ring (bicyclic) bond motifs is 1. The summed E-state index contributed by atoms with van der Waals surface area (Å²) < 4.78 is 51.9. The van der Waals surface area contributed by atoms with E-state index in [-0.39, 0.29) is 24.0 Å². The number of carboxylic acid groups (broad SMARTS) is 1. The normalized spacial score (nSPS) is 25.2. The van der Waals surface area contributed by atoms with Crippen LogP contribution < -0.4 is 4.74 Å². The number of unbranched alkanes of at least 4 members (excludes halogenated alkanes) is 1.